The molecule has 1 heterocycles. The molecule has 1 aromatic heterocycles. The zero-order valence-electron chi connectivity index (χ0n) is 17.6. The molecule has 9 nitrogen and oxygen atoms in total. The number of esters is 1. The highest BCUT2D eigenvalue weighted by atomic mass is 16.6. The monoisotopic (exact) mass is 443 g/mol. The Morgan fingerprint density at radius 2 is 1.52 bits per heavy atom. The van der Waals surface area contributed by atoms with Crippen LogP contribution in [0.25, 0.3) is 0 Å². The lowest BCUT2D eigenvalue weighted by molar-refractivity contribution is 0.0338. The molecule has 0 aliphatic heterocycles. The minimum absolute atomic E-state index is 0.0919. The van der Waals surface area contributed by atoms with Crippen LogP contribution in [0.2, 0.25) is 0 Å². The zero-order valence-corrected chi connectivity index (χ0v) is 17.6. The van der Waals surface area contributed by atoms with E-state index in [2.05, 4.69) is 20.8 Å². The van der Waals surface area contributed by atoms with Crippen LogP contribution in [0.1, 0.15) is 27.3 Å². The maximum absolute atomic E-state index is 12.7. The van der Waals surface area contributed by atoms with E-state index < -0.39 is 12.1 Å². The van der Waals surface area contributed by atoms with Crippen molar-refractivity contribution in [2.75, 3.05) is 0 Å². The van der Waals surface area contributed by atoms with Crippen molar-refractivity contribution in [3.63, 3.8) is 0 Å². The van der Waals surface area contributed by atoms with Gasteiger partial charge in [0.2, 0.25) is 0 Å². The lowest BCUT2D eigenvalue weighted by atomic mass is 10.1. The van der Waals surface area contributed by atoms with Crippen molar-refractivity contribution < 1.29 is 19.1 Å². The Hall–Kier alpha value is -4.53. The first-order chi connectivity index (χ1) is 16.2. The molecule has 4 rings (SSSR count). The molecule has 4 aromatic rings. The summed E-state index contributed by atoms with van der Waals surface area (Å²) < 4.78 is 12.1. The molecule has 9 heteroatoms. The Labute approximate surface area is 190 Å². The fourth-order valence-electron chi connectivity index (χ4n) is 3.06. The Balaban J connectivity index is 1.36. The van der Waals surface area contributed by atoms with Gasteiger partial charge in [0.25, 0.3) is 0 Å². The molecule has 0 spiro atoms. The molecule has 166 valence electrons. The van der Waals surface area contributed by atoms with Crippen LogP contribution in [-0.2, 0) is 24.4 Å². The first kappa shape index (κ1) is 21.7. The predicted octanol–water partition coefficient (Wildman–Crippen LogP) is 3.37. The molecule has 0 aliphatic carbocycles. The number of ether oxygens (including phenoxy) is 2. The van der Waals surface area contributed by atoms with Gasteiger partial charge in [-0.05, 0) is 33.7 Å². The Bertz CT molecular complexity index is 1210. The van der Waals surface area contributed by atoms with Gasteiger partial charge in [-0.2, -0.15) is 4.68 Å². The smallest absolute Gasteiger partial charge is 0.412 e. The maximum atomic E-state index is 12.7. The fourth-order valence-corrected chi connectivity index (χ4v) is 3.06. The van der Waals surface area contributed by atoms with Crippen LogP contribution in [0, 0.1) is 0 Å². The van der Waals surface area contributed by atoms with Gasteiger partial charge in [0.15, 0.2) is 12.6 Å². The number of para-hydroxylation sites is 1. The van der Waals surface area contributed by atoms with Crippen molar-refractivity contribution in [1.82, 2.24) is 25.5 Å². The minimum Gasteiger partial charge on any atom is -0.439 e. The summed E-state index contributed by atoms with van der Waals surface area (Å²) in [4.78, 5) is 24.9. The topological polar surface area (TPSA) is 108 Å². The van der Waals surface area contributed by atoms with Crippen LogP contribution in [0.5, 0.6) is 5.75 Å². The lowest BCUT2D eigenvalue weighted by Gasteiger charge is -2.11. The highest BCUT2D eigenvalue weighted by Gasteiger charge is 2.17. The molecule has 1 N–H and O–H groups in total. The molecule has 0 atom stereocenters. The lowest BCUT2D eigenvalue weighted by Crippen LogP contribution is -2.27. The molecule has 0 bridgehead atoms. The van der Waals surface area contributed by atoms with E-state index in [9.17, 15) is 9.59 Å². The third kappa shape index (κ3) is 6.01. The molecule has 0 aliphatic rings. The highest BCUT2D eigenvalue weighted by Crippen LogP contribution is 2.19. The van der Waals surface area contributed by atoms with E-state index >= 15 is 0 Å². The predicted molar refractivity (Wildman–Crippen MR) is 118 cm³/mol. The van der Waals surface area contributed by atoms with Crippen molar-refractivity contribution in [2.24, 2.45) is 0 Å². The molecule has 0 unspecified atom stereocenters. The first-order valence-corrected chi connectivity index (χ1v) is 10.2. The Kier molecular flexibility index (Phi) is 7.01. The molecule has 0 saturated carbocycles. The van der Waals surface area contributed by atoms with Crippen molar-refractivity contribution in [3.8, 4) is 5.75 Å². The fraction of sp³-hybridized carbons (Fsp3) is 0.125. The summed E-state index contributed by atoms with van der Waals surface area (Å²) in [7, 11) is 0. The van der Waals surface area contributed by atoms with Gasteiger partial charge in [-0.3, -0.25) is 0 Å². The van der Waals surface area contributed by atoms with Gasteiger partial charge >= 0.3 is 12.1 Å². The Morgan fingerprint density at radius 1 is 0.848 bits per heavy atom. The van der Waals surface area contributed by atoms with Crippen molar-refractivity contribution >= 4 is 12.1 Å². The maximum Gasteiger partial charge on any atom is 0.412 e. The van der Waals surface area contributed by atoms with E-state index in [0.29, 0.717) is 18.8 Å². The summed E-state index contributed by atoms with van der Waals surface area (Å²) in [6, 6.07) is 25.5. The summed E-state index contributed by atoms with van der Waals surface area (Å²) in [6.45, 7) is 0.123. The van der Waals surface area contributed by atoms with E-state index in [0.717, 1.165) is 11.1 Å². The SMILES string of the molecule is O=C(NCc1ccccc1)Oc1ccccc1C(=O)OCn1nnnc1Cc1ccccc1. The molecule has 3 aromatic carbocycles. The molecular formula is C24H21N5O4. The number of hydrogen-bond acceptors (Lipinski definition) is 7. The van der Waals surface area contributed by atoms with Crippen molar-refractivity contribution in [2.45, 2.75) is 19.7 Å². The van der Waals surface area contributed by atoms with Crippen LogP contribution >= 0.6 is 0 Å². The van der Waals surface area contributed by atoms with E-state index in [4.69, 9.17) is 9.47 Å². The van der Waals surface area contributed by atoms with E-state index in [1.165, 1.54) is 16.8 Å². The number of rotatable bonds is 8. The standard InChI is InChI=1S/C24H21N5O4/c30-23(32-17-29-22(26-27-28-29)15-18-9-3-1-4-10-18)20-13-7-8-14-21(20)33-24(31)25-16-19-11-5-2-6-12-19/h1-14H,15-17H2,(H,25,31). The van der Waals surface area contributed by atoms with E-state index in [-0.39, 0.29) is 18.0 Å². The molecule has 33 heavy (non-hydrogen) atoms. The summed E-state index contributed by atoms with van der Waals surface area (Å²) in [6.07, 6.45) is -0.183. The average Bonchev–Trinajstić information content (AvgIpc) is 3.29. The first-order valence-electron chi connectivity index (χ1n) is 10.2. The summed E-state index contributed by atoms with van der Waals surface area (Å²) in [5.41, 5.74) is 2.07. The summed E-state index contributed by atoms with van der Waals surface area (Å²) >= 11 is 0. The van der Waals surface area contributed by atoms with Crippen molar-refractivity contribution in [1.29, 1.82) is 0 Å². The number of hydrogen-bond donors (Lipinski definition) is 1. The van der Waals surface area contributed by atoms with Gasteiger partial charge in [0, 0.05) is 13.0 Å². The number of carbonyl (C=O) groups is 2. The van der Waals surface area contributed by atoms with Gasteiger partial charge in [0.1, 0.15) is 11.3 Å². The number of aromatic nitrogens is 4. The molecular weight excluding hydrogens is 422 g/mol. The van der Waals surface area contributed by atoms with E-state index in [1.807, 2.05) is 60.7 Å². The molecule has 0 radical (unpaired) electrons. The second-order valence-corrected chi connectivity index (χ2v) is 7.04. The molecule has 0 saturated heterocycles. The summed E-state index contributed by atoms with van der Waals surface area (Å²) in [5, 5.41) is 14.2. The molecule has 0 fully saturated rings. The third-order valence-corrected chi connectivity index (χ3v) is 4.72. The quantitative estimate of drug-likeness (QED) is 0.416. The number of nitrogens with zero attached hydrogens (tertiary/aromatic N) is 4. The van der Waals surface area contributed by atoms with Crippen LogP contribution in [0.4, 0.5) is 4.79 Å². The highest BCUT2D eigenvalue weighted by molar-refractivity contribution is 5.93. The van der Waals surface area contributed by atoms with Crippen molar-refractivity contribution in [3.05, 3.63) is 107 Å². The van der Waals surface area contributed by atoms with Gasteiger partial charge in [-0.25, -0.2) is 9.59 Å². The van der Waals surface area contributed by atoms with Gasteiger partial charge in [0.05, 0.1) is 0 Å². The number of benzene rings is 3. The minimum atomic E-state index is -0.676. The number of nitrogens with one attached hydrogen (secondary N) is 1. The average molecular weight is 443 g/mol. The van der Waals surface area contributed by atoms with Crippen LogP contribution < -0.4 is 10.1 Å². The second-order valence-electron chi connectivity index (χ2n) is 7.04. The van der Waals surface area contributed by atoms with Crippen LogP contribution in [-0.4, -0.2) is 32.3 Å². The van der Waals surface area contributed by atoms with Gasteiger partial charge in [-0.15, -0.1) is 5.10 Å². The van der Waals surface area contributed by atoms with Gasteiger partial charge < -0.3 is 14.8 Å². The Morgan fingerprint density at radius 3 is 2.27 bits per heavy atom. The number of carbonyl (C=O) groups excluding carboxylic acids is 2. The van der Waals surface area contributed by atoms with Gasteiger partial charge in [-0.1, -0.05) is 72.8 Å². The normalized spacial score (nSPS) is 10.4. The number of tetrazole rings is 1. The second kappa shape index (κ2) is 10.7. The van der Waals surface area contributed by atoms with Crippen LogP contribution in [0.3, 0.4) is 0 Å². The van der Waals surface area contributed by atoms with Crippen LogP contribution in [0.15, 0.2) is 84.9 Å². The summed E-state index contributed by atoms with van der Waals surface area (Å²) in [5.74, 6) is -0.0178. The van der Waals surface area contributed by atoms with E-state index in [1.54, 1.807) is 12.1 Å². The largest absolute Gasteiger partial charge is 0.439 e. The number of amides is 1. The zero-order chi connectivity index (χ0) is 22.9. The molecule has 1 amide bonds. The third-order valence-electron chi connectivity index (χ3n) is 4.72.